The van der Waals surface area contributed by atoms with E-state index in [1.165, 1.54) is 0 Å². The molecule has 7 heteroatoms. The van der Waals surface area contributed by atoms with Gasteiger partial charge in [0.15, 0.2) is 15.3 Å². The zero-order valence-corrected chi connectivity index (χ0v) is 8.07. The van der Waals surface area contributed by atoms with Crippen LogP contribution in [-0.4, -0.2) is 34.8 Å². The van der Waals surface area contributed by atoms with Gasteiger partial charge in [0.2, 0.25) is 0 Å². The van der Waals surface area contributed by atoms with Crippen molar-refractivity contribution < 1.29 is 21.0 Å². The number of sulfone groups is 1. The van der Waals surface area contributed by atoms with Gasteiger partial charge in [0.05, 0.1) is 6.26 Å². The average molecular weight is 202 g/mol. The van der Waals surface area contributed by atoms with Gasteiger partial charge in [-0.25, -0.2) is 8.42 Å². The highest BCUT2D eigenvalue weighted by atomic mass is 32.2. The van der Waals surface area contributed by atoms with Crippen LogP contribution in [0.3, 0.4) is 0 Å². The lowest BCUT2D eigenvalue weighted by Gasteiger charge is -2.07. The lowest BCUT2D eigenvalue weighted by Crippen LogP contribution is -2.22. The van der Waals surface area contributed by atoms with Crippen molar-refractivity contribution in [3.8, 4) is 0 Å². The van der Waals surface area contributed by atoms with Crippen molar-refractivity contribution in [2.75, 3.05) is 12.5 Å². The molecule has 1 unspecified atom stereocenters. The number of hydrogen-bond donors (Lipinski definition) is 0. The molecule has 0 aromatic heterocycles. The van der Waals surface area contributed by atoms with E-state index in [1.807, 2.05) is 0 Å². The molecule has 5 nitrogen and oxygen atoms in total. The van der Waals surface area contributed by atoms with Crippen molar-refractivity contribution >= 4 is 20.0 Å². The second kappa shape index (κ2) is 3.08. The minimum absolute atomic E-state index is 0.800. The van der Waals surface area contributed by atoms with Crippen molar-refractivity contribution in [2.24, 2.45) is 0 Å². The quantitative estimate of drug-likeness (QED) is 0.568. The minimum atomic E-state index is -3.69. The summed E-state index contributed by atoms with van der Waals surface area (Å²) in [6.07, 6.45) is 1.71. The van der Waals surface area contributed by atoms with Gasteiger partial charge in [0, 0.05) is 6.26 Å². The molecular weight excluding hydrogens is 192 g/mol. The van der Waals surface area contributed by atoms with Crippen LogP contribution in [0.5, 0.6) is 0 Å². The van der Waals surface area contributed by atoms with Crippen molar-refractivity contribution in [2.45, 2.75) is 12.4 Å². The summed E-state index contributed by atoms with van der Waals surface area (Å²) in [5.41, 5.74) is -1.31. The molecule has 0 aromatic carbocycles. The predicted octanol–water partition coefficient (Wildman–Crippen LogP) is -0.647. The van der Waals surface area contributed by atoms with Crippen LogP contribution in [0, 0.1) is 0 Å². The molecule has 0 saturated heterocycles. The lowest BCUT2D eigenvalue weighted by atomic mass is 10.9. The van der Waals surface area contributed by atoms with Crippen LogP contribution in [0.1, 0.15) is 6.92 Å². The Labute approximate surface area is 66.4 Å². The number of rotatable bonds is 3. The first kappa shape index (κ1) is 10.9. The molecule has 0 aromatic rings. The second-order valence-corrected chi connectivity index (χ2v) is 6.12. The summed E-state index contributed by atoms with van der Waals surface area (Å²) in [4.78, 5) is 0. The van der Waals surface area contributed by atoms with E-state index in [2.05, 4.69) is 4.18 Å². The molecule has 0 radical (unpaired) electrons. The standard InChI is InChI=1S/C4H10O5S2/c1-4(10(2,5)6)9-11(3,7)8/h4H,1-3H3. The van der Waals surface area contributed by atoms with Crippen LogP contribution in [-0.2, 0) is 24.1 Å². The summed E-state index contributed by atoms with van der Waals surface area (Å²) in [5, 5.41) is 0. The SMILES string of the molecule is CC(OS(C)(=O)=O)S(C)(=O)=O. The van der Waals surface area contributed by atoms with Crippen molar-refractivity contribution in [1.29, 1.82) is 0 Å². The first-order valence-corrected chi connectivity index (χ1v) is 6.47. The van der Waals surface area contributed by atoms with E-state index in [0.717, 1.165) is 19.4 Å². The van der Waals surface area contributed by atoms with Gasteiger partial charge in [-0.3, -0.25) is 4.18 Å². The molecule has 0 rings (SSSR count). The van der Waals surface area contributed by atoms with Gasteiger partial charge < -0.3 is 0 Å². The first-order valence-electron chi connectivity index (χ1n) is 2.70. The third-order valence-electron chi connectivity index (χ3n) is 0.913. The van der Waals surface area contributed by atoms with E-state index in [9.17, 15) is 16.8 Å². The lowest BCUT2D eigenvalue weighted by molar-refractivity contribution is 0.299. The zero-order valence-electron chi connectivity index (χ0n) is 6.44. The van der Waals surface area contributed by atoms with E-state index < -0.39 is 25.4 Å². The fourth-order valence-electron chi connectivity index (χ4n) is 0.318. The molecule has 0 aliphatic carbocycles. The molecule has 0 aliphatic heterocycles. The van der Waals surface area contributed by atoms with E-state index in [4.69, 9.17) is 0 Å². The van der Waals surface area contributed by atoms with Crippen molar-refractivity contribution in [1.82, 2.24) is 0 Å². The summed E-state index contributed by atoms with van der Waals surface area (Å²) < 4.78 is 46.2. The molecule has 0 bridgehead atoms. The third-order valence-corrected chi connectivity index (χ3v) is 2.98. The maximum Gasteiger partial charge on any atom is 0.265 e. The van der Waals surface area contributed by atoms with Gasteiger partial charge in [-0.05, 0) is 6.92 Å². The third kappa shape index (κ3) is 5.16. The number of hydrogen-bond acceptors (Lipinski definition) is 5. The Morgan fingerprint density at radius 1 is 1.09 bits per heavy atom. The topological polar surface area (TPSA) is 77.5 Å². The van der Waals surface area contributed by atoms with Gasteiger partial charge in [-0.1, -0.05) is 0 Å². The smallest absolute Gasteiger partial charge is 0.251 e. The molecule has 1 atom stereocenters. The van der Waals surface area contributed by atoms with Gasteiger partial charge in [0.1, 0.15) is 0 Å². The highest BCUT2D eigenvalue weighted by molar-refractivity contribution is 7.92. The Balaban J connectivity index is 4.47. The Morgan fingerprint density at radius 3 is 1.55 bits per heavy atom. The van der Waals surface area contributed by atoms with Crippen LogP contribution in [0.25, 0.3) is 0 Å². The van der Waals surface area contributed by atoms with Crippen LogP contribution in [0.2, 0.25) is 0 Å². The van der Waals surface area contributed by atoms with Crippen LogP contribution in [0.4, 0.5) is 0 Å². The van der Waals surface area contributed by atoms with E-state index >= 15 is 0 Å². The summed E-state index contributed by atoms with van der Waals surface area (Å²) >= 11 is 0. The fraction of sp³-hybridized carbons (Fsp3) is 1.00. The summed E-state index contributed by atoms with van der Waals surface area (Å²) in [6, 6.07) is 0. The van der Waals surface area contributed by atoms with Gasteiger partial charge in [0.25, 0.3) is 10.1 Å². The molecule has 0 fully saturated rings. The molecule has 0 heterocycles. The molecule has 68 valence electrons. The summed E-state index contributed by atoms with van der Waals surface area (Å²) in [6.45, 7) is 1.16. The largest absolute Gasteiger partial charge is 0.265 e. The Kier molecular flexibility index (Phi) is 3.04. The Bertz CT molecular complexity index is 310. The summed E-state index contributed by atoms with van der Waals surface area (Å²) in [7, 11) is -7.12. The van der Waals surface area contributed by atoms with Gasteiger partial charge in [-0.2, -0.15) is 8.42 Å². The van der Waals surface area contributed by atoms with Crippen LogP contribution in [0.15, 0.2) is 0 Å². The van der Waals surface area contributed by atoms with E-state index in [0.29, 0.717) is 0 Å². The van der Waals surface area contributed by atoms with Crippen molar-refractivity contribution in [3.63, 3.8) is 0 Å². The Morgan fingerprint density at radius 2 is 1.45 bits per heavy atom. The minimum Gasteiger partial charge on any atom is -0.251 e. The van der Waals surface area contributed by atoms with Crippen molar-refractivity contribution in [3.05, 3.63) is 0 Å². The van der Waals surface area contributed by atoms with Crippen LogP contribution < -0.4 is 0 Å². The van der Waals surface area contributed by atoms with Crippen LogP contribution >= 0.6 is 0 Å². The highest BCUT2D eigenvalue weighted by Gasteiger charge is 2.19. The maximum absolute atomic E-state index is 10.6. The normalized spacial score (nSPS) is 16.3. The molecule has 0 saturated carbocycles. The van der Waals surface area contributed by atoms with Gasteiger partial charge in [-0.15, -0.1) is 0 Å². The zero-order chi connectivity index (χ0) is 9.28. The highest BCUT2D eigenvalue weighted by Crippen LogP contribution is 2.03. The van der Waals surface area contributed by atoms with Gasteiger partial charge >= 0.3 is 0 Å². The molecule has 11 heavy (non-hydrogen) atoms. The average Bonchev–Trinajstić information content (AvgIpc) is 1.56. The Hall–Kier alpha value is -0.140. The first-order chi connectivity index (χ1) is 4.63. The predicted molar refractivity (Wildman–Crippen MR) is 40.2 cm³/mol. The van der Waals surface area contributed by atoms with E-state index in [1.54, 1.807) is 0 Å². The monoisotopic (exact) mass is 202 g/mol. The molecule has 0 spiro atoms. The van der Waals surface area contributed by atoms with E-state index in [-0.39, 0.29) is 0 Å². The molecule has 0 N–H and O–H groups in total. The fourth-order valence-corrected chi connectivity index (χ4v) is 1.81. The molecule has 0 amide bonds. The summed E-state index contributed by atoms with van der Waals surface area (Å²) in [5.74, 6) is 0. The second-order valence-electron chi connectivity index (χ2n) is 2.20. The molecular formula is C4H10O5S2. The maximum atomic E-state index is 10.6. The molecule has 0 aliphatic rings.